The Hall–Kier alpha value is -3.82. The average Bonchev–Trinajstić information content (AvgIpc) is 2.93. The van der Waals surface area contributed by atoms with Crippen LogP contribution in [0.1, 0.15) is 46.3 Å². The second kappa shape index (κ2) is 9.49. The number of benzene rings is 3. The zero-order valence-electron chi connectivity index (χ0n) is 21.3. The SMILES string of the molecule is COc1cc([C@@H]2COc3cc4c5c(c3[C@H]2O)CCc2c(OC)cc(O)c(c2-5)CN4)cc(OCCCO)c1O. The molecule has 0 unspecified atom stereocenters. The van der Waals surface area contributed by atoms with Gasteiger partial charge in [0, 0.05) is 65.6 Å². The van der Waals surface area contributed by atoms with Gasteiger partial charge in [-0.2, -0.15) is 0 Å². The molecule has 38 heavy (non-hydrogen) atoms. The molecule has 0 bridgehead atoms. The summed E-state index contributed by atoms with van der Waals surface area (Å²) in [6, 6.07) is 7.00. The van der Waals surface area contributed by atoms with Crippen LogP contribution >= 0.6 is 0 Å². The number of aromatic hydroxyl groups is 2. The lowest BCUT2D eigenvalue weighted by molar-refractivity contribution is 0.0878. The van der Waals surface area contributed by atoms with Gasteiger partial charge < -0.3 is 44.7 Å². The smallest absolute Gasteiger partial charge is 0.200 e. The number of fused-ring (bicyclic) bond motifs is 2. The average molecular weight is 522 g/mol. The van der Waals surface area contributed by atoms with Crippen molar-refractivity contribution in [3.8, 4) is 45.6 Å². The Morgan fingerprint density at radius 2 is 1.71 bits per heavy atom. The largest absolute Gasteiger partial charge is 0.507 e. The highest BCUT2D eigenvalue weighted by Crippen LogP contribution is 2.55. The van der Waals surface area contributed by atoms with Crippen LogP contribution in [-0.4, -0.2) is 54.5 Å². The van der Waals surface area contributed by atoms with Gasteiger partial charge in [0.2, 0.25) is 5.75 Å². The van der Waals surface area contributed by atoms with Crippen LogP contribution < -0.4 is 24.3 Å². The summed E-state index contributed by atoms with van der Waals surface area (Å²) in [5.74, 6) is 1.37. The third-order valence-corrected chi connectivity index (χ3v) is 7.83. The molecule has 0 aromatic heterocycles. The molecule has 2 atom stereocenters. The van der Waals surface area contributed by atoms with Crippen LogP contribution in [0.5, 0.6) is 34.5 Å². The molecule has 2 aliphatic heterocycles. The number of nitrogens with one attached hydrogen (secondary N) is 1. The van der Waals surface area contributed by atoms with E-state index in [0.29, 0.717) is 42.9 Å². The molecule has 1 aliphatic carbocycles. The van der Waals surface area contributed by atoms with Crippen LogP contribution in [0, 0.1) is 0 Å². The molecular weight excluding hydrogens is 490 g/mol. The Kier molecular flexibility index (Phi) is 6.12. The first-order valence-electron chi connectivity index (χ1n) is 12.8. The highest BCUT2D eigenvalue weighted by atomic mass is 16.5. The number of phenols is 2. The van der Waals surface area contributed by atoms with Gasteiger partial charge in [-0.3, -0.25) is 0 Å². The molecule has 5 N–H and O–H groups in total. The van der Waals surface area contributed by atoms with E-state index < -0.39 is 12.0 Å². The van der Waals surface area contributed by atoms with Crippen LogP contribution in [0.2, 0.25) is 0 Å². The summed E-state index contributed by atoms with van der Waals surface area (Å²) in [6.07, 6.45) is 0.926. The molecule has 0 amide bonds. The van der Waals surface area contributed by atoms with Crippen molar-refractivity contribution < 1.29 is 39.4 Å². The fraction of sp³-hybridized carbons (Fsp3) is 0.379. The number of hydrogen-bond acceptors (Lipinski definition) is 9. The van der Waals surface area contributed by atoms with Gasteiger partial charge in [-0.05, 0) is 41.7 Å². The number of hydrogen-bond donors (Lipinski definition) is 5. The number of phenolic OH excluding ortho intramolecular Hbond substituents is 2. The zero-order chi connectivity index (χ0) is 26.6. The molecule has 6 rings (SSSR count). The molecule has 2 heterocycles. The Morgan fingerprint density at radius 3 is 2.47 bits per heavy atom. The van der Waals surface area contributed by atoms with Crippen molar-refractivity contribution in [3.05, 3.63) is 52.1 Å². The van der Waals surface area contributed by atoms with E-state index in [9.17, 15) is 15.3 Å². The van der Waals surface area contributed by atoms with E-state index in [4.69, 9.17) is 24.1 Å². The molecule has 3 aliphatic rings. The minimum Gasteiger partial charge on any atom is -0.507 e. The van der Waals surface area contributed by atoms with Crippen LogP contribution in [-0.2, 0) is 19.4 Å². The van der Waals surface area contributed by atoms with Crippen molar-refractivity contribution in [1.29, 1.82) is 0 Å². The predicted octanol–water partition coefficient (Wildman–Crippen LogP) is 3.78. The standard InChI is InChI=1S/C29H31NO8/c1-35-21-11-20(32)17-12-30-19-10-22-27(16-5-4-15(21)25(17)26(16)19)28(33)18(13-38-22)14-8-23(36-2)29(34)24(9-14)37-7-3-6-31/h8-11,18,28,30-34H,3-7,12-13H2,1-2H3/t18-,28-/m0/s1. The molecule has 9 nitrogen and oxygen atoms in total. The molecule has 200 valence electrons. The lowest BCUT2D eigenvalue weighted by Crippen LogP contribution is -2.28. The van der Waals surface area contributed by atoms with Crippen molar-refractivity contribution >= 4 is 5.69 Å². The van der Waals surface area contributed by atoms with E-state index in [-0.39, 0.29) is 42.8 Å². The molecule has 0 fully saturated rings. The van der Waals surface area contributed by atoms with E-state index in [0.717, 1.165) is 39.1 Å². The van der Waals surface area contributed by atoms with Crippen LogP contribution in [0.15, 0.2) is 24.3 Å². The number of methoxy groups -OCH3 is 2. The monoisotopic (exact) mass is 521 g/mol. The second-order valence-electron chi connectivity index (χ2n) is 9.83. The summed E-state index contributed by atoms with van der Waals surface area (Å²) in [4.78, 5) is 0. The maximum atomic E-state index is 11.8. The van der Waals surface area contributed by atoms with Gasteiger partial charge >= 0.3 is 0 Å². The van der Waals surface area contributed by atoms with Crippen LogP contribution in [0.3, 0.4) is 0 Å². The number of aliphatic hydroxyl groups excluding tert-OH is 2. The molecule has 0 saturated heterocycles. The minimum atomic E-state index is -0.885. The van der Waals surface area contributed by atoms with Crippen LogP contribution in [0.25, 0.3) is 11.1 Å². The summed E-state index contributed by atoms with van der Waals surface area (Å²) in [6.45, 7) is 0.915. The molecule has 0 spiro atoms. The van der Waals surface area contributed by atoms with E-state index in [1.807, 2.05) is 6.07 Å². The molecular formula is C29H31NO8. The summed E-state index contributed by atoms with van der Waals surface area (Å²) in [7, 11) is 3.07. The summed E-state index contributed by atoms with van der Waals surface area (Å²) < 4.78 is 22.9. The first-order chi connectivity index (χ1) is 18.5. The van der Waals surface area contributed by atoms with Crippen molar-refractivity contribution in [2.75, 3.05) is 39.4 Å². The maximum Gasteiger partial charge on any atom is 0.200 e. The third kappa shape index (κ3) is 3.68. The minimum absolute atomic E-state index is 0.0278. The summed E-state index contributed by atoms with van der Waals surface area (Å²) >= 11 is 0. The van der Waals surface area contributed by atoms with E-state index in [2.05, 4.69) is 5.32 Å². The van der Waals surface area contributed by atoms with Gasteiger partial charge in [0.1, 0.15) is 17.2 Å². The Balaban J connectivity index is 1.45. The number of ether oxygens (including phenoxy) is 4. The highest BCUT2D eigenvalue weighted by Gasteiger charge is 2.39. The fourth-order valence-corrected chi connectivity index (χ4v) is 6.01. The molecule has 0 saturated carbocycles. The van der Waals surface area contributed by atoms with Crippen molar-refractivity contribution in [2.24, 2.45) is 0 Å². The second-order valence-corrected chi connectivity index (χ2v) is 9.83. The molecule has 3 aromatic carbocycles. The number of anilines is 1. The van der Waals surface area contributed by atoms with Gasteiger partial charge in [0.15, 0.2) is 11.5 Å². The van der Waals surface area contributed by atoms with Crippen molar-refractivity contribution in [3.63, 3.8) is 0 Å². The molecule has 0 radical (unpaired) electrons. The van der Waals surface area contributed by atoms with Crippen molar-refractivity contribution in [1.82, 2.24) is 0 Å². The lowest BCUT2D eigenvalue weighted by atomic mass is 9.74. The Morgan fingerprint density at radius 1 is 0.947 bits per heavy atom. The number of aliphatic hydroxyl groups is 2. The van der Waals surface area contributed by atoms with Crippen molar-refractivity contribution in [2.45, 2.75) is 37.8 Å². The van der Waals surface area contributed by atoms with Gasteiger partial charge in [-0.1, -0.05) is 0 Å². The molecule has 3 aromatic rings. The lowest BCUT2D eigenvalue weighted by Gasteiger charge is -2.38. The van der Waals surface area contributed by atoms with Gasteiger partial charge in [0.25, 0.3) is 0 Å². The highest BCUT2D eigenvalue weighted by molar-refractivity contribution is 5.93. The first kappa shape index (κ1) is 24.5. The molecule has 9 heteroatoms. The first-order valence-corrected chi connectivity index (χ1v) is 12.8. The van der Waals surface area contributed by atoms with Gasteiger partial charge in [-0.25, -0.2) is 0 Å². The Labute approximate surface area is 220 Å². The summed E-state index contributed by atoms with van der Waals surface area (Å²) in [5.41, 5.74) is 7.18. The fourth-order valence-electron chi connectivity index (χ4n) is 6.01. The summed E-state index contributed by atoms with van der Waals surface area (Å²) in [5, 5.41) is 45.6. The number of rotatable bonds is 7. The third-order valence-electron chi connectivity index (χ3n) is 7.83. The predicted molar refractivity (Wildman–Crippen MR) is 140 cm³/mol. The van der Waals surface area contributed by atoms with E-state index >= 15 is 0 Å². The topological polar surface area (TPSA) is 130 Å². The quantitative estimate of drug-likeness (QED) is 0.295. The Bertz CT molecular complexity index is 1420. The maximum absolute atomic E-state index is 11.8. The van der Waals surface area contributed by atoms with Gasteiger partial charge in [0.05, 0.1) is 33.5 Å². The normalized spacial score (nSPS) is 18.5. The van der Waals surface area contributed by atoms with Gasteiger partial charge in [-0.15, -0.1) is 0 Å². The van der Waals surface area contributed by atoms with E-state index in [1.165, 1.54) is 7.11 Å². The zero-order valence-corrected chi connectivity index (χ0v) is 21.3. The van der Waals surface area contributed by atoms with E-state index in [1.54, 1.807) is 25.3 Å². The van der Waals surface area contributed by atoms with Crippen LogP contribution in [0.4, 0.5) is 5.69 Å².